The lowest BCUT2D eigenvalue weighted by atomic mass is 10.2. The molecule has 0 N–H and O–H groups in total. The molecule has 0 aliphatic carbocycles. The van der Waals surface area contributed by atoms with Gasteiger partial charge >= 0.3 is 0 Å². The van der Waals surface area contributed by atoms with Gasteiger partial charge in [-0.05, 0) is 17.8 Å². The van der Waals surface area contributed by atoms with Crippen LogP contribution in [0.15, 0.2) is 36.5 Å². The normalized spacial score (nSPS) is 23.9. The van der Waals surface area contributed by atoms with Crippen molar-refractivity contribution in [3.05, 3.63) is 42.1 Å². The molecular weight excluding hydrogens is 174 g/mol. The molecule has 2 heteroatoms. The summed E-state index contributed by atoms with van der Waals surface area (Å²) in [5.74, 6) is 0. The van der Waals surface area contributed by atoms with Crippen LogP contribution in [0.3, 0.4) is 0 Å². The Balaban J connectivity index is 1.98. The van der Waals surface area contributed by atoms with Gasteiger partial charge in [-0.1, -0.05) is 30.3 Å². The zero-order valence-corrected chi connectivity index (χ0v) is 8.10. The average molecular weight is 190 g/mol. The van der Waals surface area contributed by atoms with E-state index in [-0.39, 0.29) is 6.52 Å². The highest BCUT2D eigenvalue weighted by Gasteiger charge is 2.04. The monoisotopic (exact) mass is 190 g/mol. The van der Waals surface area contributed by atoms with E-state index < -0.39 is 0 Å². The third-order valence-electron chi connectivity index (χ3n) is 2.18. The summed E-state index contributed by atoms with van der Waals surface area (Å²) in [6.45, 7) is 1.75. The maximum atomic E-state index is 7.74. The summed E-state index contributed by atoms with van der Waals surface area (Å²) in [6.07, 6.45) is 4.02. The standard InChI is InChI=1S/C12H15NO/c1-2-4-12(5-3-1)6-7-13-8-10-14-11-9-13/h1-7H,8-11H2/b7-6+/i8D. The third kappa shape index (κ3) is 2.60. The van der Waals surface area contributed by atoms with Gasteiger partial charge < -0.3 is 9.64 Å². The van der Waals surface area contributed by atoms with Gasteiger partial charge in [0.1, 0.15) is 0 Å². The molecule has 2 rings (SSSR count). The van der Waals surface area contributed by atoms with Gasteiger partial charge in [0.25, 0.3) is 0 Å². The van der Waals surface area contributed by atoms with Crippen molar-refractivity contribution in [2.75, 3.05) is 26.3 Å². The van der Waals surface area contributed by atoms with Crippen molar-refractivity contribution < 1.29 is 6.11 Å². The molecule has 0 saturated carbocycles. The Morgan fingerprint density at radius 1 is 1.29 bits per heavy atom. The van der Waals surface area contributed by atoms with E-state index in [1.807, 2.05) is 35.4 Å². The maximum Gasteiger partial charge on any atom is 0.0642 e. The van der Waals surface area contributed by atoms with E-state index in [0.717, 1.165) is 12.1 Å². The Bertz CT molecular complexity index is 326. The lowest BCUT2D eigenvalue weighted by Crippen LogP contribution is -2.31. The molecule has 1 fully saturated rings. The zero-order valence-electron chi connectivity index (χ0n) is 9.10. The lowest BCUT2D eigenvalue weighted by Gasteiger charge is -2.24. The number of nitrogens with zero attached hydrogens (tertiary/aromatic N) is 1. The second kappa shape index (κ2) is 4.82. The summed E-state index contributed by atoms with van der Waals surface area (Å²) in [6, 6.07) is 10.1. The minimum Gasteiger partial charge on any atom is -0.378 e. The molecule has 0 spiro atoms. The number of benzene rings is 1. The van der Waals surface area contributed by atoms with Crippen molar-refractivity contribution in [1.29, 1.82) is 0 Å². The van der Waals surface area contributed by atoms with Crippen molar-refractivity contribution >= 4 is 6.08 Å². The topological polar surface area (TPSA) is 12.5 Å². The molecule has 1 saturated heterocycles. The van der Waals surface area contributed by atoms with E-state index in [0.29, 0.717) is 13.2 Å². The van der Waals surface area contributed by atoms with Crippen LogP contribution in [0.5, 0.6) is 0 Å². The zero-order chi connectivity index (χ0) is 10.5. The summed E-state index contributed by atoms with van der Waals surface area (Å²) >= 11 is 0. The summed E-state index contributed by atoms with van der Waals surface area (Å²) in [7, 11) is 0. The molecule has 1 aromatic carbocycles. The van der Waals surface area contributed by atoms with E-state index in [2.05, 4.69) is 12.1 Å². The van der Waals surface area contributed by atoms with Crippen LogP contribution in [0.2, 0.25) is 0 Å². The SMILES string of the molecule is [2H]C1COCCN1/C=C/c1ccccc1. The summed E-state index contributed by atoms with van der Waals surface area (Å²) < 4.78 is 12.9. The van der Waals surface area contributed by atoms with Crippen LogP contribution in [0.4, 0.5) is 0 Å². The molecule has 1 unspecified atom stereocenters. The largest absolute Gasteiger partial charge is 0.378 e. The van der Waals surface area contributed by atoms with Crippen LogP contribution in [-0.2, 0) is 4.74 Å². The van der Waals surface area contributed by atoms with Crippen molar-refractivity contribution in [2.45, 2.75) is 0 Å². The molecule has 14 heavy (non-hydrogen) atoms. The first-order valence-electron chi connectivity index (χ1n) is 5.43. The predicted octanol–water partition coefficient (Wildman–Crippen LogP) is 1.99. The van der Waals surface area contributed by atoms with Crippen molar-refractivity contribution in [3.8, 4) is 0 Å². The molecular formula is C12H15NO. The van der Waals surface area contributed by atoms with Gasteiger partial charge in [0, 0.05) is 13.1 Å². The number of ether oxygens (including phenoxy) is 1. The first kappa shape index (κ1) is 8.06. The third-order valence-corrected chi connectivity index (χ3v) is 2.18. The van der Waals surface area contributed by atoms with Gasteiger partial charge in [-0.2, -0.15) is 0 Å². The van der Waals surface area contributed by atoms with Crippen LogP contribution in [-0.4, -0.2) is 31.2 Å². The fourth-order valence-corrected chi connectivity index (χ4v) is 1.37. The molecule has 0 bridgehead atoms. The van der Waals surface area contributed by atoms with Crippen LogP contribution < -0.4 is 0 Å². The number of hydrogen-bond donors (Lipinski definition) is 0. The molecule has 0 amide bonds. The molecule has 1 aliphatic heterocycles. The minimum absolute atomic E-state index is 0.265. The minimum atomic E-state index is -0.265. The van der Waals surface area contributed by atoms with Gasteiger partial charge in [-0.3, -0.25) is 0 Å². The van der Waals surface area contributed by atoms with Crippen molar-refractivity contribution in [1.82, 2.24) is 4.90 Å². The van der Waals surface area contributed by atoms with E-state index in [4.69, 9.17) is 6.11 Å². The van der Waals surface area contributed by atoms with Crippen LogP contribution in [0, 0.1) is 0 Å². The second-order valence-corrected chi connectivity index (χ2v) is 3.22. The summed E-state index contributed by atoms with van der Waals surface area (Å²) in [5.41, 5.74) is 1.16. The van der Waals surface area contributed by atoms with Crippen LogP contribution in [0.25, 0.3) is 6.08 Å². The Kier molecular flexibility index (Phi) is 2.77. The fraction of sp³-hybridized carbons (Fsp3) is 0.333. The van der Waals surface area contributed by atoms with Crippen LogP contribution in [0.1, 0.15) is 6.93 Å². The smallest absolute Gasteiger partial charge is 0.0642 e. The molecule has 0 radical (unpaired) electrons. The van der Waals surface area contributed by atoms with Crippen LogP contribution >= 0.6 is 0 Å². The molecule has 1 aromatic rings. The summed E-state index contributed by atoms with van der Waals surface area (Å²) in [4.78, 5) is 2.00. The van der Waals surface area contributed by atoms with Gasteiger partial charge in [-0.15, -0.1) is 0 Å². The first-order valence-corrected chi connectivity index (χ1v) is 4.85. The quantitative estimate of drug-likeness (QED) is 0.707. The first-order chi connectivity index (χ1) is 7.36. The van der Waals surface area contributed by atoms with Gasteiger partial charge in [0.2, 0.25) is 0 Å². The molecule has 74 valence electrons. The Labute approximate surface area is 86.2 Å². The lowest BCUT2D eigenvalue weighted by molar-refractivity contribution is 0.0597. The van der Waals surface area contributed by atoms with E-state index in [1.54, 1.807) is 0 Å². The number of hydrogen-bond acceptors (Lipinski definition) is 2. The van der Waals surface area contributed by atoms with Gasteiger partial charge in [-0.25, -0.2) is 0 Å². The Hall–Kier alpha value is -1.28. The second-order valence-electron chi connectivity index (χ2n) is 3.22. The molecule has 1 aliphatic rings. The highest BCUT2D eigenvalue weighted by atomic mass is 16.5. The van der Waals surface area contributed by atoms with E-state index in [1.165, 1.54) is 0 Å². The van der Waals surface area contributed by atoms with E-state index >= 15 is 0 Å². The molecule has 2 nitrogen and oxygen atoms in total. The molecule has 0 aromatic heterocycles. The Morgan fingerprint density at radius 3 is 2.93 bits per heavy atom. The maximum absolute atomic E-state index is 7.74. The fourth-order valence-electron chi connectivity index (χ4n) is 1.37. The molecule has 1 heterocycles. The Morgan fingerprint density at radius 2 is 2.14 bits per heavy atom. The molecule has 1 atom stereocenters. The average Bonchev–Trinajstić information content (AvgIpc) is 2.29. The highest BCUT2D eigenvalue weighted by Crippen LogP contribution is 2.04. The van der Waals surface area contributed by atoms with E-state index in [9.17, 15) is 0 Å². The highest BCUT2D eigenvalue weighted by molar-refractivity contribution is 5.48. The summed E-state index contributed by atoms with van der Waals surface area (Å²) in [5, 5.41) is 0. The van der Waals surface area contributed by atoms with Gasteiger partial charge in [0.15, 0.2) is 0 Å². The van der Waals surface area contributed by atoms with Crippen molar-refractivity contribution in [2.24, 2.45) is 0 Å². The van der Waals surface area contributed by atoms with Gasteiger partial charge in [0.05, 0.1) is 14.6 Å². The predicted molar refractivity (Wildman–Crippen MR) is 57.9 cm³/mol. The van der Waals surface area contributed by atoms with Crippen molar-refractivity contribution in [3.63, 3.8) is 0 Å². The number of rotatable bonds is 2. The number of morpholine rings is 1.